The van der Waals surface area contributed by atoms with E-state index in [4.69, 9.17) is 0 Å². The number of carbonyl (C=O) groups is 1. The Labute approximate surface area is 176 Å². The Morgan fingerprint density at radius 1 is 1.20 bits per heavy atom. The van der Waals surface area contributed by atoms with E-state index in [9.17, 15) is 23.3 Å². The Morgan fingerprint density at radius 2 is 1.90 bits per heavy atom. The Kier molecular flexibility index (Phi) is 6.12. The number of nitro groups is 1. The van der Waals surface area contributed by atoms with Gasteiger partial charge in [0.25, 0.3) is 5.69 Å². The zero-order valence-corrected chi connectivity index (χ0v) is 18.0. The predicted octanol–water partition coefficient (Wildman–Crippen LogP) is 3.04. The molecule has 1 atom stereocenters. The number of nitro benzene ring substituents is 1. The van der Waals surface area contributed by atoms with E-state index in [1.54, 1.807) is 6.92 Å². The number of hydrogen-bond acceptors (Lipinski definition) is 5. The highest BCUT2D eigenvalue weighted by Gasteiger charge is 2.25. The number of anilines is 1. The fraction of sp³-hybridized carbons (Fsp3) is 0.381. The molecule has 0 bridgehead atoms. The summed E-state index contributed by atoms with van der Waals surface area (Å²) in [6, 6.07) is 9.80. The van der Waals surface area contributed by atoms with Crippen molar-refractivity contribution >= 4 is 27.3 Å². The van der Waals surface area contributed by atoms with Crippen LogP contribution in [0.4, 0.5) is 11.4 Å². The third-order valence-electron chi connectivity index (χ3n) is 5.36. The Hall–Kier alpha value is -2.94. The third kappa shape index (κ3) is 4.79. The predicted molar refractivity (Wildman–Crippen MR) is 115 cm³/mol. The maximum atomic E-state index is 12.7. The van der Waals surface area contributed by atoms with Crippen molar-refractivity contribution in [1.29, 1.82) is 0 Å². The molecule has 0 spiro atoms. The average Bonchev–Trinajstić information content (AvgIpc) is 3.13. The highest BCUT2D eigenvalue weighted by atomic mass is 32.2. The van der Waals surface area contributed by atoms with E-state index in [0.717, 1.165) is 35.4 Å². The molecule has 30 heavy (non-hydrogen) atoms. The second-order valence-corrected chi connectivity index (χ2v) is 9.58. The van der Waals surface area contributed by atoms with Crippen LogP contribution in [0.2, 0.25) is 0 Å². The molecule has 1 amide bonds. The number of nitrogens with zero attached hydrogens (tertiary/aromatic N) is 2. The summed E-state index contributed by atoms with van der Waals surface area (Å²) in [5, 5.41) is 13.9. The lowest BCUT2D eigenvalue weighted by Gasteiger charge is -2.24. The summed E-state index contributed by atoms with van der Waals surface area (Å²) in [7, 11) is -3.84. The minimum absolute atomic E-state index is 0.118. The second-order valence-electron chi connectivity index (χ2n) is 7.67. The first-order valence-corrected chi connectivity index (χ1v) is 11.5. The van der Waals surface area contributed by atoms with E-state index in [-0.39, 0.29) is 17.4 Å². The fourth-order valence-electron chi connectivity index (χ4n) is 3.72. The van der Waals surface area contributed by atoms with Crippen LogP contribution >= 0.6 is 0 Å². The van der Waals surface area contributed by atoms with Crippen LogP contribution in [0.3, 0.4) is 0 Å². The van der Waals surface area contributed by atoms with Gasteiger partial charge in [-0.05, 0) is 55.4 Å². The van der Waals surface area contributed by atoms with Crippen LogP contribution in [-0.4, -0.2) is 32.0 Å². The van der Waals surface area contributed by atoms with Crippen LogP contribution in [0.5, 0.6) is 0 Å². The van der Waals surface area contributed by atoms with E-state index in [2.05, 4.69) is 17.4 Å². The first-order chi connectivity index (χ1) is 14.1. The van der Waals surface area contributed by atoms with Crippen molar-refractivity contribution in [2.45, 2.75) is 39.2 Å². The monoisotopic (exact) mass is 431 g/mol. The van der Waals surface area contributed by atoms with Crippen molar-refractivity contribution in [3.8, 4) is 0 Å². The average molecular weight is 432 g/mol. The van der Waals surface area contributed by atoms with Gasteiger partial charge in [0.1, 0.15) is 6.54 Å². The highest BCUT2D eigenvalue weighted by molar-refractivity contribution is 7.92. The van der Waals surface area contributed by atoms with Crippen LogP contribution in [0.25, 0.3) is 0 Å². The topological polar surface area (TPSA) is 110 Å². The maximum Gasteiger partial charge on any atom is 0.271 e. The lowest BCUT2D eigenvalue weighted by molar-refractivity contribution is -0.384. The molecule has 0 saturated carbocycles. The molecule has 8 nitrogen and oxygen atoms in total. The Morgan fingerprint density at radius 3 is 2.57 bits per heavy atom. The number of carbonyl (C=O) groups excluding carboxylic acids is 1. The van der Waals surface area contributed by atoms with Crippen LogP contribution in [0, 0.1) is 17.0 Å². The molecule has 1 aliphatic carbocycles. The summed E-state index contributed by atoms with van der Waals surface area (Å²) in [5.41, 5.74) is 3.98. The standard InChI is InChI=1S/C21H25N3O5S/c1-14-7-10-19(24(26)27)12-20(14)23(30(3,28)29)13-21(25)22-15(2)17-9-8-16-5-4-6-18(16)11-17/h7-12,15H,4-6,13H2,1-3H3,(H,22,25). The number of aryl methyl sites for hydroxylation is 3. The minimum atomic E-state index is -3.84. The van der Waals surface area contributed by atoms with Gasteiger partial charge in [-0.3, -0.25) is 19.2 Å². The zero-order valence-electron chi connectivity index (χ0n) is 17.2. The highest BCUT2D eigenvalue weighted by Crippen LogP contribution is 2.28. The second kappa shape index (κ2) is 8.43. The van der Waals surface area contributed by atoms with Crippen LogP contribution < -0.4 is 9.62 Å². The van der Waals surface area contributed by atoms with Gasteiger partial charge in [-0.1, -0.05) is 24.3 Å². The molecule has 1 unspecified atom stereocenters. The van der Waals surface area contributed by atoms with E-state index in [1.165, 1.54) is 29.3 Å². The lowest BCUT2D eigenvalue weighted by atomic mass is 10.0. The number of fused-ring (bicyclic) bond motifs is 1. The van der Waals surface area contributed by atoms with Crippen molar-refractivity contribution in [3.05, 3.63) is 68.8 Å². The number of sulfonamides is 1. The Balaban J connectivity index is 1.80. The quantitative estimate of drug-likeness (QED) is 0.535. The van der Waals surface area contributed by atoms with Gasteiger partial charge < -0.3 is 5.32 Å². The molecular formula is C21H25N3O5S. The van der Waals surface area contributed by atoms with Crippen LogP contribution in [0.15, 0.2) is 36.4 Å². The van der Waals surface area contributed by atoms with Gasteiger partial charge in [0.2, 0.25) is 15.9 Å². The van der Waals surface area contributed by atoms with Gasteiger partial charge in [-0.2, -0.15) is 0 Å². The van der Waals surface area contributed by atoms with Gasteiger partial charge in [0.05, 0.1) is 22.9 Å². The minimum Gasteiger partial charge on any atom is -0.348 e. The van der Waals surface area contributed by atoms with Crippen molar-refractivity contribution < 1.29 is 18.1 Å². The number of benzene rings is 2. The largest absolute Gasteiger partial charge is 0.348 e. The first kappa shape index (κ1) is 21.8. The summed E-state index contributed by atoms with van der Waals surface area (Å²) in [6.45, 7) is 3.02. The fourth-order valence-corrected chi connectivity index (χ4v) is 4.63. The maximum absolute atomic E-state index is 12.7. The molecular weight excluding hydrogens is 406 g/mol. The van der Waals surface area contributed by atoms with Crippen molar-refractivity contribution in [3.63, 3.8) is 0 Å². The van der Waals surface area contributed by atoms with Gasteiger partial charge >= 0.3 is 0 Å². The summed E-state index contributed by atoms with van der Waals surface area (Å²) in [6.07, 6.45) is 4.20. The molecule has 9 heteroatoms. The van der Waals surface area contributed by atoms with Crippen molar-refractivity contribution in [2.24, 2.45) is 0 Å². The summed E-state index contributed by atoms with van der Waals surface area (Å²) < 4.78 is 25.6. The summed E-state index contributed by atoms with van der Waals surface area (Å²) in [5.74, 6) is -0.487. The van der Waals surface area contributed by atoms with E-state index < -0.39 is 27.4 Å². The van der Waals surface area contributed by atoms with Crippen LogP contribution in [0.1, 0.15) is 41.6 Å². The molecule has 0 heterocycles. The van der Waals surface area contributed by atoms with E-state index >= 15 is 0 Å². The lowest BCUT2D eigenvalue weighted by Crippen LogP contribution is -2.41. The van der Waals surface area contributed by atoms with Crippen LogP contribution in [-0.2, 0) is 27.7 Å². The van der Waals surface area contributed by atoms with E-state index in [1.807, 2.05) is 13.0 Å². The van der Waals surface area contributed by atoms with Gasteiger partial charge in [0, 0.05) is 12.1 Å². The summed E-state index contributed by atoms with van der Waals surface area (Å²) >= 11 is 0. The molecule has 0 saturated heterocycles. The molecule has 0 radical (unpaired) electrons. The molecule has 1 aliphatic rings. The molecule has 3 rings (SSSR count). The number of amides is 1. The normalized spacial score (nSPS) is 14.1. The SMILES string of the molecule is Cc1ccc([N+](=O)[O-])cc1N(CC(=O)NC(C)c1ccc2c(c1)CCC2)S(C)(=O)=O. The molecule has 2 aromatic rings. The number of rotatable bonds is 7. The zero-order chi connectivity index (χ0) is 22.1. The van der Waals surface area contributed by atoms with Crippen molar-refractivity contribution in [2.75, 3.05) is 17.1 Å². The van der Waals surface area contributed by atoms with E-state index in [0.29, 0.717) is 5.56 Å². The molecule has 2 aromatic carbocycles. The van der Waals surface area contributed by atoms with Gasteiger partial charge in [-0.15, -0.1) is 0 Å². The van der Waals surface area contributed by atoms with Gasteiger partial charge in [0.15, 0.2) is 0 Å². The third-order valence-corrected chi connectivity index (χ3v) is 6.49. The number of hydrogen-bond donors (Lipinski definition) is 1. The smallest absolute Gasteiger partial charge is 0.271 e. The molecule has 0 aromatic heterocycles. The molecule has 1 N–H and O–H groups in total. The number of non-ortho nitro benzene ring substituents is 1. The molecule has 0 aliphatic heterocycles. The molecule has 0 fully saturated rings. The summed E-state index contributed by atoms with van der Waals surface area (Å²) in [4.78, 5) is 23.2. The Bertz CT molecular complexity index is 1100. The van der Waals surface area contributed by atoms with Crippen molar-refractivity contribution in [1.82, 2.24) is 5.32 Å². The number of nitrogens with one attached hydrogen (secondary N) is 1. The molecule has 160 valence electrons. The van der Waals surface area contributed by atoms with Gasteiger partial charge in [-0.25, -0.2) is 8.42 Å². The first-order valence-electron chi connectivity index (χ1n) is 9.70.